The van der Waals surface area contributed by atoms with Crippen LogP contribution >= 0.6 is 11.6 Å². The molecular formula is C14H12ClN3O. The van der Waals surface area contributed by atoms with E-state index in [4.69, 9.17) is 16.3 Å². The summed E-state index contributed by atoms with van der Waals surface area (Å²) in [6.45, 7) is 0. The van der Waals surface area contributed by atoms with Gasteiger partial charge < -0.3 is 4.74 Å². The highest BCUT2D eigenvalue weighted by molar-refractivity contribution is 6.17. The molecule has 3 rings (SSSR count). The molecule has 0 bridgehead atoms. The fraction of sp³-hybridized carbons (Fsp3) is 0.143. The summed E-state index contributed by atoms with van der Waals surface area (Å²) in [6, 6.07) is 9.72. The Morgan fingerprint density at radius 3 is 2.89 bits per heavy atom. The second-order valence-electron chi connectivity index (χ2n) is 4.03. The lowest BCUT2D eigenvalue weighted by atomic mass is 10.2. The van der Waals surface area contributed by atoms with E-state index in [9.17, 15) is 0 Å². The topological polar surface area (TPSA) is 39.9 Å². The summed E-state index contributed by atoms with van der Waals surface area (Å²) in [7, 11) is 1.65. The number of para-hydroxylation sites is 2. The molecule has 0 aliphatic carbocycles. The van der Waals surface area contributed by atoms with Crippen molar-refractivity contribution in [3.05, 3.63) is 48.5 Å². The van der Waals surface area contributed by atoms with Gasteiger partial charge in [0.1, 0.15) is 17.1 Å². The first-order valence-electron chi connectivity index (χ1n) is 5.86. The van der Waals surface area contributed by atoms with E-state index in [1.165, 1.54) is 0 Å². The third-order valence-electron chi connectivity index (χ3n) is 2.97. The molecule has 0 amide bonds. The van der Waals surface area contributed by atoms with Crippen LogP contribution in [0.3, 0.4) is 0 Å². The third kappa shape index (κ3) is 1.94. The highest BCUT2D eigenvalue weighted by atomic mass is 35.5. The van der Waals surface area contributed by atoms with Crippen LogP contribution in [-0.4, -0.2) is 21.6 Å². The lowest BCUT2D eigenvalue weighted by molar-refractivity contribution is 0.413. The van der Waals surface area contributed by atoms with E-state index >= 15 is 0 Å². The molecule has 3 aromatic rings. The minimum atomic E-state index is 0.326. The van der Waals surface area contributed by atoms with E-state index in [1.807, 2.05) is 34.9 Å². The minimum absolute atomic E-state index is 0.326. The Kier molecular flexibility index (Phi) is 3.09. The second kappa shape index (κ2) is 4.90. The number of hydrogen-bond acceptors (Lipinski definition) is 3. The molecule has 0 saturated carbocycles. The number of halogens is 1. The van der Waals surface area contributed by atoms with Crippen molar-refractivity contribution in [1.82, 2.24) is 14.5 Å². The summed E-state index contributed by atoms with van der Waals surface area (Å²) < 4.78 is 7.41. The minimum Gasteiger partial charge on any atom is -0.495 e. The fourth-order valence-electron chi connectivity index (χ4n) is 2.16. The van der Waals surface area contributed by atoms with Crippen molar-refractivity contribution in [2.24, 2.45) is 0 Å². The molecule has 0 aliphatic rings. The predicted molar refractivity (Wildman–Crippen MR) is 75.0 cm³/mol. The van der Waals surface area contributed by atoms with E-state index in [0.717, 1.165) is 28.3 Å². The van der Waals surface area contributed by atoms with Gasteiger partial charge in [-0.05, 0) is 18.2 Å². The summed E-state index contributed by atoms with van der Waals surface area (Å²) in [5.74, 6) is 1.88. The standard InChI is InChI=1S/C14H12ClN3O/c1-19-13-5-3-2-4-12(13)18-11-6-7-16-9-10(11)17-14(18)8-15/h2-7,9H,8H2,1H3. The maximum atomic E-state index is 6.00. The molecule has 2 aromatic heterocycles. The molecule has 0 spiro atoms. The van der Waals surface area contributed by atoms with Gasteiger partial charge >= 0.3 is 0 Å². The smallest absolute Gasteiger partial charge is 0.142 e. The highest BCUT2D eigenvalue weighted by Crippen LogP contribution is 2.28. The first-order valence-corrected chi connectivity index (χ1v) is 6.39. The van der Waals surface area contributed by atoms with Gasteiger partial charge in [-0.3, -0.25) is 9.55 Å². The van der Waals surface area contributed by atoms with E-state index in [-0.39, 0.29) is 0 Å². The lowest BCUT2D eigenvalue weighted by Gasteiger charge is -2.12. The van der Waals surface area contributed by atoms with Gasteiger partial charge in [-0.2, -0.15) is 0 Å². The van der Waals surface area contributed by atoms with Crippen molar-refractivity contribution in [1.29, 1.82) is 0 Å². The molecule has 19 heavy (non-hydrogen) atoms. The highest BCUT2D eigenvalue weighted by Gasteiger charge is 2.14. The zero-order valence-electron chi connectivity index (χ0n) is 10.4. The Morgan fingerprint density at radius 1 is 1.26 bits per heavy atom. The summed E-state index contributed by atoms with van der Waals surface area (Å²) in [5, 5.41) is 0. The maximum Gasteiger partial charge on any atom is 0.142 e. The zero-order chi connectivity index (χ0) is 13.2. The Hall–Kier alpha value is -2.07. The molecule has 2 heterocycles. The van der Waals surface area contributed by atoms with Gasteiger partial charge in [0.05, 0.1) is 30.4 Å². The zero-order valence-corrected chi connectivity index (χ0v) is 11.1. The van der Waals surface area contributed by atoms with Crippen LogP contribution in [0.5, 0.6) is 5.75 Å². The van der Waals surface area contributed by atoms with Crippen LogP contribution in [-0.2, 0) is 5.88 Å². The van der Waals surface area contributed by atoms with Gasteiger partial charge in [0.15, 0.2) is 0 Å². The van der Waals surface area contributed by atoms with Crippen molar-refractivity contribution in [3.63, 3.8) is 0 Å². The average Bonchev–Trinajstić information content (AvgIpc) is 2.85. The van der Waals surface area contributed by atoms with Crippen LogP contribution in [0.1, 0.15) is 5.82 Å². The number of nitrogens with zero attached hydrogens (tertiary/aromatic N) is 3. The molecule has 96 valence electrons. The van der Waals surface area contributed by atoms with Crippen LogP contribution < -0.4 is 4.74 Å². The number of imidazole rings is 1. The van der Waals surface area contributed by atoms with Crippen molar-refractivity contribution >= 4 is 22.6 Å². The molecule has 5 heteroatoms. The van der Waals surface area contributed by atoms with E-state index < -0.39 is 0 Å². The second-order valence-corrected chi connectivity index (χ2v) is 4.30. The van der Waals surface area contributed by atoms with Gasteiger partial charge in [0, 0.05) is 6.20 Å². The average molecular weight is 274 g/mol. The van der Waals surface area contributed by atoms with Gasteiger partial charge in [0.25, 0.3) is 0 Å². The Labute approximate surface area is 115 Å². The van der Waals surface area contributed by atoms with Crippen LogP contribution in [0.2, 0.25) is 0 Å². The van der Waals surface area contributed by atoms with Crippen molar-refractivity contribution < 1.29 is 4.74 Å². The summed E-state index contributed by atoms with van der Waals surface area (Å²) >= 11 is 6.00. The molecule has 0 atom stereocenters. The number of rotatable bonds is 3. The van der Waals surface area contributed by atoms with E-state index in [0.29, 0.717) is 5.88 Å². The first kappa shape index (κ1) is 12.0. The van der Waals surface area contributed by atoms with Crippen LogP contribution in [0.15, 0.2) is 42.7 Å². The Morgan fingerprint density at radius 2 is 2.11 bits per heavy atom. The van der Waals surface area contributed by atoms with Crippen molar-refractivity contribution in [2.75, 3.05) is 7.11 Å². The Bertz CT molecular complexity index is 724. The first-order chi connectivity index (χ1) is 9.35. The number of methoxy groups -OCH3 is 1. The number of fused-ring (bicyclic) bond motifs is 1. The SMILES string of the molecule is COc1ccccc1-n1c(CCl)nc2cnccc21. The largest absolute Gasteiger partial charge is 0.495 e. The molecule has 0 radical (unpaired) electrons. The molecule has 0 fully saturated rings. The quantitative estimate of drug-likeness (QED) is 0.688. The summed E-state index contributed by atoms with van der Waals surface area (Å²) in [6.07, 6.45) is 3.48. The van der Waals surface area contributed by atoms with Gasteiger partial charge in [-0.1, -0.05) is 12.1 Å². The summed E-state index contributed by atoms with van der Waals surface area (Å²) in [4.78, 5) is 8.58. The molecule has 0 saturated heterocycles. The molecule has 1 aromatic carbocycles. The third-order valence-corrected chi connectivity index (χ3v) is 3.21. The van der Waals surface area contributed by atoms with E-state index in [1.54, 1.807) is 19.5 Å². The van der Waals surface area contributed by atoms with Crippen molar-refractivity contribution in [2.45, 2.75) is 5.88 Å². The van der Waals surface area contributed by atoms with Gasteiger partial charge in [-0.15, -0.1) is 11.6 Å². The fourth-order valence-corrected chi connectivity index (χ4v) is 2.33. The normalized spacial score (nSPS) is 10.8. The van der Waals surface area contributed by atoms with Crippen LogP contribution in [0.4, 0.5) is 0 Å². The maximum absolute atomic E-state index is 6.00. The molecule has 0 aliphatic heterocycles. The Balaban J connectivity index is 2.34. The number of hydrogen-bond donors (Lipinski definition) is 0. The number of alkyl halides is 1. The van der Waals surface area contributed by atoms with E-state index in [2.05, 4.69) is 9.97 Å². The van der Waals surface area contributed by atoms with Crippen molar-refractivity contribution in [3.8, 4) is 11.4 Å². The number of aromatic nitrogens is 3. The summed E-state index contributed by atoms with van der Waals surface area (Å²) in [5.41, 5.74) is 2.72. The van der Waals surface area contributed by atoms with Gasteiger partial charge in [-0.25, -0.2) is 4.98 Å². The lowest BCUT2D eigenvalue weighted by Crippen LogP contribution is -2.01. The van der Waals surface area contributed by atoms with Gasteiger partial charge in [0.2, 0.25) is 0 Å². The predicted octanol–water partition coefficient (Wildman–Crippen LogP) is 3.17. The molecular weight excluding hydrogens is 262 g/mol. The molecule has 4 nitrogen and oxygen atoms in total. The number of ether oxygens (including phenoxy) is 1. The van der Waals surface area contributed by atoms with Crippen LogP contribution in [0, 0.1) is 0 Å². The van der Waals surface area contributed by atoms with Crippen LogP contribution in [0.25, 0.3) is 16.7 Å². The molecule has 0 unspecified atom stereocenters. The molecule has 0 N–H and O–H groups in total. The monoisotopic (exact) mass is 273 g/mol. The number of benzene rings is 1. The number of pyridine rings is 1.